The molecule has 11 rings (SSSR count). The van der Waals surface area contributed by atoms with Gasteiger partial charge in [0.05, 0.1) is 5.56 Å². The summed E-state index contributed by atoms with van der Waals surface area (Å²) >= 11 is 0. The van der Waals surface area contributed by atoms with E-state index in [2.05, 4.69) is 121 Å². The Labute approximate surface area is 322 Å². The van der Waals surface area contributed by atoms with E-state index in [1.54, 1.807) is 0 Å². The summed E-state index contributed by atoms with van der Waals surface area (Å²) in [5, 5.41) is 4.21. The first-order valence-corrected chi connectivity index (χ1v) is 18.7. The van der Waals surface area contributed by atoms with Gasteiger partial charge in [-0.3, -0.25) is 0 Å². The fourth-order valence-electron chi connectivity index (χ4n) is 7.93. The summed E-state index contributed by atoms with van der Waals surface area (Å²) in [6, 6.07) is 64.4. The third-order valence-corrected chi connectivity index (χ3v) is 10.5. The fraction of sp³-hybridized carbons (Fsp3) is 0. The van der Waals surface area contributed by atoms with E-state index in [0.717, 1.165) is 93.9 Å². The van der Waals surface area contributed by atoms with Crippen molar-refractivity contribution in [3.63, 3.8) is 0 Å². The lowest BCUT2D eigenvalue weighted by molar-refractivity contribution is 0.668. The number of hydrogen-bond donors (Lipinski definition) is 0. The lowest BCUT2D eigenvalue weighted by atomic mass is 9.92. The van der Waals surface area contributed by atoms with Gasteiger partial charge in [0.15, 0.2) is 17.5 Å². The summed E-state index contributed by atoms with van der Waals surface area (Å²) < 4.78 is 13.3. The van der Waals surface area contributed by atoms with Crippen LogP contribution < -0.4 is 0 Å². The summed E-state index contributed by atoms with van der Waals surface area (Å²) in [6.45, 7) is 0. The highest BCUT2D eigenvalue weighted by atomic mass is 16.3. The third-order valence-electron chi connectivity index (χ3n) is 10.5. The first-order valence-electron chi connectivity index (χ1n) is 18.7. The van der Waals surface area contributed by atoms with Gasteiger partial charge in [-0.15, -0.1) is 0 Å². The van der Waals surface area contributed by atoms with Gasteiger partial charge in [0.1, 0.15) is 22.3 Å². The molecule has 3 heterocycles. The van der Waals surface area contributed by atoms with Crippen LogP contribution in [0.5, 0.6) is 0 Å². The van der Waals surface area contributed by atoms with E-state index in [-0.39, 0.29) is 0 Å². The van der Waals surface area contributed by atoms with Gasteiger partial charge in [-0.25, -0.2) is 15.0 Å². The van der Waals surface area contributed by atoms with Crippen molar-refractivity contribution in [1.29, 1.82) is 0 Å². The van der Waals surface area contributed by atoms with Crippen LogP contribution in [-0.4, -0.2) is 15.0 Å². The standard InChI is InChI=1S/C51H31N3O2/c1-4-15-32(16-5-1)35-21-12-22-36(29-35)50-52-49(34-19-8-3-9-20-34)53-51(54-50)41-26-13-25-40-46-38(24-14-28-44(46)56-48(40)41)37-30-42(33-17-6-2-7-18-33)47-39-23-10-11-27-43(39)55-45(47)31-37/h1-31H. The zero-order chi connectivity index (χ0) is 37.0. The van der Waals surface area contributed by atoms with E-state index < -0.39 is 0 Å². The van der Waals surface area contributed by atoms with Gasteiger partial charge in [-0.2, -0.15) is 0 Å². The molecule has 56 heavy (non-hydrogen) atoms. The molecule has 0 radical (unpaired) electrons. The zero-order valence-corrected chi connectivity index (χ0v) is 30.1. The van der Waals surface area contributed by atoms with Gasteiger partial charge in [-0.1, -0.05) is 152 Å². The van der Waals surface area contributed by atoms with Crippen molar-refractivity contribution in [2.75, 3.05) is 0 Å². The summed E-state index contributed by atoms with van der Waals surface area (Å²) in [5.41, 5.74) is 12.4. The van der Waals surface area contributed by atoms with Crippen LogP contribution in [0, 0.1) is 0 Å². The molecular formula is C51H31N3O2. The van der Waals surface area contributed by atoms with Crippen LogP contribution in [0.1, 0.15) is 0 Å². The molecule has 0 atom stereocenters. The van der Waals surface area contributed by atoms with E-state index in [0.29, 0.717) is 17.5 Å². The zero-order valence-electron chi connectivity index (χ0n) is 30.1. The average Bonchev–Trinajstić information content (AvgIpc) is 3.86. The van der Waals surface area contributed by atoms with Crippen LogP contribution in [-0.2, 0) is 0 Å². The number of fused-ring (bicyclic) bond motifs is 6. The minimum Gasteiger partial charge on any atom is -0.456 e. The molecule has 0 spiro atoms. The Morgan fingerprint density at radius 2 is 0.839 bits per heavy atom. The number of hydrogen-bond acceptors (Lipinski definition) is 5. The Balaban J connectivity index is 1.12. The second-order valence-electron chi connectivity index (χ2n) is 13.9. The summed E-state index contributed by atoms with van der Waals surface area (Å²) in [5.74, 6) is 1.73. The first-order chi connectivity index (χ1) is 27.7. The van der Waals surface area contributed by atoms with Crippen molar-refractivity contribution in [1.82, 2.24) is 15.0 Å². The van der Waals surface area contributed by atoms with Crippen LogP contribution in [0.25, 0.3) is 111 Å². The SMILES string of the molecule is c1ccc(-c2cccc(-c3nc(-c4ccccc4)nc(-c4cccc5c4oc4cccc(-c6cc(-c7ccccc7)c7c(c6)oc6ccccc67)c45)n3)c2)cc1. The van der Waals surface area contributed by atoms with Crippen molar-refractivity contribution in [2.45, 2.75) is 0 Å². The van der Waals surface area contributed by atoms with Crippen molar-refractivity contribution in [3.8, 4) is 67.5 Å². The summed E-state index contributed by atoms with van der Waals surface area (Å²) in [4.78, 5) is 15.2. The van der Waals surface area contributed by atoms with Crippen molar-refractivity contribution in [2.24, 2.45) is 0 Å². The Kier molecular flexibility index (Phi) is 7.42. The maximum Gasteiger partial charge on any atom is 0.167 e. The number of aromatic nitrogens is 3. The lowest BCUT2D eigenvalue weighted by Gasteiger charge is -2.10. The maximum atomic E-state index is 6.79. The Morgan fingerprint density at radius 3 is 1.64 bits per heavy atom. The van der Waals surface area contributed by atoms with Gasteiger partial charge >= 0.3 is 0 Å². The van der Waals surface area contributed by atoms with Crippen LogP contribution in [0.15, 0.2) is 197 Å². The van der Waals surface area contributed by atoms with Crippen molar-refractivity contribution < 1.29 is 8.83 Å². The highest BCUT2D eigenvalue weighted by molar-refractivity contribution is 6.18. The fourth-order valence-corrected chi connectivity index (χ4v) is 7.93. The normalized spacial score (nSPS) is 11.6. The molecule has 0 aliphatic carbocycles. The van der Waals surface area contributed by atoms with Gasteiger partial charge in [0, 0.05) is 32.7 Å². The molecule has 5 nitrogen and oxygen atoms in total. The smallest absolute Gasteiger partial charge is 0.167 e. The molecule has 5 heteroatoms. The number of furan rings is 2. The molecule has 0 saturated carbocycles. The molecule has 0 unspecified atom stereocenters. The number of para-hydroxylation sites is 2. The molecule has 0 aliphatic heterocycles. The topological polar surface area (TPSA) is 65.0 Å². The molecule has 11 aromatic rings. The van der Waals surface area contributed by atoms with Crippen molar-refractivity contribution in [3.05, 3.63) is 188 Å². The second kappa shape index (κ2) is 13.0. The quantitative estimate of drug-likeness (QED) is 0.171. The van der Waals surface area contributed by atoms with Gasteiger partial charge in [0.2, 0.25) is 0 Å². The highest BCUT2D eigenvalue weighted by Gasteiger charge is 2.21. The molecule has 0 fully saturated rings. The molecule has 8 aromatic carbocycles. The highest BCUT2D eigenvalue weighted by Crippen LogP contribution is 2.44. The van der Waals surface area contributed by atoms with E-state index >= 15 is 0 Å². The number of nitrogens with zero attached hydrogens (tertiary/aromatic N) is 3. The minimum absolute atomic E-state index is 0.542. The van der Waals surface area contributed by atoms with Crippen LogP contribution in [0.3, 0.4) is 0 Å². The van der Waals surface area contributed by atoms with E-state index in [1.165, 1.54) is 0 Å². The molecule has 0 aliphatic rings. The van der Waals surface area contributed by atoms with E-state index in [4.69, 9.17) is 23.8 Å². The third kappa shape index (κ3) is 5.37. The number of rotatable bonds is 6. The monoisotopic (exact) mass is 717 g/mol. The molecule has 0 saturated heterocycles. The van der Waals surface area contributed by atoms with Gasteiger partial charge in [-0.05, 0) is 69.8 Å². The average molecular weight is 718 g/mol. The Morgan fingerprint density at radius 1 is 0.286 bits per heavy atom. The number of benzene rings is 8. The van der Waals surface area contributed by atoms with Crippen LogP contribution in [0.2, 0.25) is 0 Å². The Hall–Kier alpha value is -7.63. The molecule has 262 valence electrons. The minimum atomic E-state index is 0.542. The summed E-state index contributed by atoms with van der Waals surface area (Å²) in [6.07, 6.45) is 0. The van der Waals surface area contributed by atoms with Crippen LogP contribution in [0.4, 0.5) is 0 Å². The molecule has 0 N–H and O–H groups in total. The van der Waals surface area contributed by atoms with Crippen molar-refractivity contribution >= 4 is 43.9 Å². The first kappa shape index (κ1) is 31.9. The second-order valence-corrected chi connectivity index (χ2v) is 13.9. The Bertz CT molecular complexity index is 3240. The molecular weight excluding hydrogens is 687 g/mol. The van der Waals surface area contributed by atoms with Gasteiger partial charge in [0.25, 0.3) is 0 Å². The molecule has 0 amide bonds. The largest absolute Gasteiger partial charge is 0.456 e. The molecule has 0 bridgehead atoms. The van der Waals surface area contributed by atoms with Crippen LogP contribution >= 0.6 is 0 Å². The summed E-state index contributed by atoms with van der Waals surface area (Å²) in [7, 11) is 0. The van der Waals surface area contributed by atoms with E-state index in [9.17, 15) is 0 Å². The predicted molar refractivity (Wildman–Crippen MR) is 227 cm³/mol. The predicted octanol–water partition coefficient (Wildman–Crippen LogP) is 13.7. The van der Waals surface area contributed by atoms with Gasteiger partial charge < -0.3 is 8.83 Å². The lowest BCUT2D eigenvalue weighted by Crippen LogP contribution is -2.00. The van der Waals surface area contributed by atoms with E-state index in [1.807, 2.05) is 66.7 Å². The molecule has 3 aromatic heterocycles. The maximum absolute atomic E-state index is 6.79.